The van der Waals surface area contributed by atoms with Crippen molar-refractivity contribution in [2.24, 2.45) is 0 Å². The number of halogens is 2. The highest BCUT2D eigenvalue weighted by Gasteiger charge is 2.13. The molecular formula is C11H12ClFN2O. The minimum atomic E-state index is -0.584. The van der Waals surface area contributed by atoms with Gasteiger partial charge in [0, 0.05) is 17.2 Å². The van der Waals surface area contributed by atoms with E-state index in [0.29, 0.717) is 18.5 Å². The van der Waals surface area contributed by atoms with Gasteiger partial charge in [0.15, 0.2) is 0 Å². The van der Waals surface area contributed by atoms with Crippen molar-refractivity contribution >= 4 is 11.6 Å². The Bertz CT molecular complexity index is 392. The van der Waals surface area contributed by atoms with Gasteiger partial charge in [-0.25, -0.2) is 4.39 Å². The molecule has 0 aliphatic heterocycles. The van der Waals surface area contributed by atoms with Crippen molar-refractivity contribution in [1.29, 1.82) is 5.26 Å². The van der Waals surface area contributed by atoms with Crippen LogP contribution in [-0.4, -0.2) is 18.3 Å². The van der Waals surface area contributed by atoms with Gasteiger partial charge in [-0.3, -0.25) is 5.32 Å². The molecule has 0 saturated carbocycles. The molecule has 3 nitrogen and oxygen atoms in total. The molecule has 0 spiro atoms. The Morgan fingerprint density at radius 3 is 2.88 bits per heavy atom. The lowest BCUT2D eigenvalue weighted by Gasteiger charge is -2.12. The Labute approximate surface area is 98.5 Å². The summed E-state index contributed by atoms with van der Waals surface area (Å²) < 4.78 is 12.8. The molecule has 1 aromatic rings. The van der Waals surface area contributed by atoms with E-state index in [9.17, 15) is 4.39 Å². The first-order valence-corrected chi connectivity index (χ1v) is 5.25. The number of nitrogens with zero attached hydrogens (tertiary/aromatic N) is 1. The number of hydrogen-bond donors (Lipinski definition) is 2. The average molecular weight is 243 g/mol. The first-order chi connectivity index (χ1) is 7.69. The molecule has 16 heavy (non-hydrogen) atoms. The lowest BCUT2D eigenvalue weighted by Crippen LogP contribution is -2.22. The van der Waals surface area contributed by atoms with Crippen LogP contribution in [0.2, 0.25) is 5.02 Å². The van der Waals surface area contributed by atoms with Gasteiger partial charge in [-0.2, -0.15) is 5.26 Å². The number of nitrogens with one attached hydrogen (secondary N) is 1. The summed E-state index contributed by atoms with van der Waals surface area (Å²) in [5.74, 6) is -0.430. The van der Waals surface area contributed by atoms with E-state index in [1.54, 1.807) is 0 Å². The van der Waals surface area contributed by atoms with Crippen LogP contribution in [0.5, 0.6) is 0 Å². The minimum Gasteiger partial charge on any atom is -0.396 e. The molecule has 0 aliphatic carbocycles. The number of aliphatic hydroxyl groups excluding tert-OH is 1. The molecule has 0 radical (unpaired) electrons. The van der Waals surface area contributed by atoms with Gasteiger partial charge >= 0.3 is 0 Å². The Morgan fingerprint density at radius 1 is 1.56 bits per heavy atom. The van der Waals surface area contributed by atoms with Crippen molar-refractivity contribution in [2.75, 3.05) is 13.2 Å². The third kappa shape index (κ3) is 3.46. The second-order valence-corrected chi connectivity index (χ2v) is 3.67. The second kappa shape index (κ2) is 6.44. The van der Waals surface area contributed by atoms with E-state index in [-0.39, 0.29) is 11.6 Å². The summed E-state index contributed by atoms with van der Waals surface area (Å²) >= 11 is 5.84. The topological polar surface area (TPSA) is 56.0 Å². The zero-order chi connectivity index (χ0) is 12.0. The standard InChI is InChI=1S/C11H12ClFN2O/c12-10-6-8(13)2-3-9(10)11(7-14)15-4-1-5-16/h2-3,6,11,15-16H,1,4-5H2. The highest BCUT2D eigenvalue weighted by Crippen LogP contribution is 2.23. The molecule has 0 aliphatic rings. The summed E-state index contributed by atoms with van der Waals surface area (Å²) in [7, 11) is 0. The molecule has 5 heteroatoms. The van der Waals surface area contributed by atoms with Gasteiger partial charge in [0.05, 0.1) is 6.07 Å². The van der Waals surface area contributed by atoms with Gasteiger partial charge in [-0.15, -0.1) is 0 Å². The lowest BCUT2D eigenvalue weighted by atomic mass is 10.1. The maximum Gasteiger partial charge on any atom is 0.124 e. The fourth-order valence-electron chi connectivity index (χ4n) is 1.29. The molecule has 0 amide bonds. The van der Waals surface area contributed by atoms with Gasteiger partial charge in [0.25, 0.3) is 0 Å². The van der Waals surface area contributed by atoms with E-state index in [2.05, 4.69) is 5.32 Å². The molecule has 0 aromatic heterocycles. The van der Waals surface area contributed by atoms with Crippen LogP contribution in [0.3, 0.4) is 0 Å². The van der Waals surface area contributed by atoms with Crippen LogP contribution < -0.4 is 5.32 Å². The molecule has 2 N–H and O–H groups in total. The fourth-order valence-corrected chi connectivity index (χ4v) is 1.56. The molecule has 0 heterocycles. The number of rotatable bonds is 5. The third-order valence-electron chi connectivity index (χ3n) is 2.09. The Balaban J connectivity index is 2.76. The van der Waals surface area contributed by atoms with Gasteiger partial charge in [0.2, 0.25) is 0 Å². The van der Waals surface area contributed by atoms with Gasteiger partial charge in [-0.05, 0) is 25.1 Å². The monoisotopic (exact) mass is 242 g/mol. The van der Waals surface area contributed by atoms with Crippen LogP contribution in [0, 0.1) is 17.1 Å². The normalized spacial score (nSPS) is 12.1. The molecule has 0 fully saturated rings. The average Bonchev–Trinajstić information content (AvgIpc) is 2.26. The van der Waals surface area contributed by atoms with E-state index in [1.807, 2.05) is 6.07 Å². The van der Waals surface area contributed by atoms with Crippen LogP contribution in [0.4, 0.5) is 4.39 Å². The summed E-state index contributed by atoms with van der Waals surface area (Å²) in [5, 5.41) is 20.7. The molecule has 86 valence electrons. The third-order valence-corrected chi connectivity index (χ3v) is 2.41. The quantitative estimate of drug-likeness (QED) is 0.777. The fraction of sp³-hybridized carbons (Fsp3) is 0.364. The van der Waals surface area contributed by atoms with E-state index in [1.165, 1.54) is 18.2 Å². The van der Waals surface area contributed by atoms with Crippen molar-refractivity contribution in [1.82, 2.24) is 5.32 Å². The maximum atomic E-state index is 12.8. The van der Waals surface area contributed by atoms with E-state index < -0.39 is 11.9 Å². The Kier molecular flexibility index (Phi) is 5.20. The van der Waals surface area contributed by atoms with Crippen LogP contribution in [0.1, 0.15) is 18.0 Å². The summed E-state index contributed by atoms with van der Waals surface area (Å²) in [6, 6.07) is 5.38. The first kappa shape index (κ1) is 12.9. The zero-order valence-corrected chi connectivity index (χ0v) is 9.34. The second-order valence-electron chi connectivity index (χ2n) is 3.26. The zero-order valence-electron chi connectivity index (χ0n) is 8.58. The van der Waals surface area contributed by atoms with Crippen LogP contribution in [0.15, 0.2) is 18.2 Å². The smallest absolute Gasteiger partial charge is 0.124 e. The van der Waals surface area contributed by atoms with Crippen LogP contribution in [0.25, 0.3) is 0 Å². The van der Waals surface area contributed by atoms with Crippen LogP contribution >= 0.6 is 11.6 Å². The summed E-state index contributed by atoms with van der Waals surface area (Å²) in [6.45, 7) is 0.560. The largest absolute Gasteiger partial charge is 0.396 e. The summed E-state index contributed by atoms with van der Waals surface area (Å²) in [6.07, 6.45) is 0.553. The molecule has 0 bridgehead atoms. The molecule has 1 unspecified atom stereocenters. The van der Waals surface area contributed by atoms with Crippen molar-refractivity contribution in [3.63, 3.8) is 0 Å². The number of hydrogen-bond acceptors (Lipinski definition) is 3. The predicted molar refractivity (Wildman–Crippen MR) is 59.5 cm³/mol. The number of benzene rings is 1. The molecule has 1 rings (SSSR count). The van der Waals surface area contributed by atoms with Gasteiger partial charge < -0.3 is 5.11 Å². The van der Waals surface area contributed by atoms with E-state index in [0.717, 1.165) is 0 Å². The highest BCUT2D eigenvalue weighted by molar-refractivity contribution is 6.31. The van der Waals surface area contributed by atoms with E-state index in [4.69, 9.17) is 22.0 Å². The molecular weight excluding hydrogens is 231 g/mol. The van der Waals surface area contributed by atoms with Crippen molar-refractivity contribution in [2.45, 2.75) is 12.5 Å². The summed E-state index contributed by atoms with van der Waals surface area (Å²) in [4.78, 5) is 0. The Morgan fingerprint density at radius 2 is 2.31 bits per heavy atom. The highest BCUT2D eigenvalue weighted by atomic mass is 35.5. The van der Waals surface area contributed by atoms with E-state index >= 15 is 0 Å². The maximum absolute atomic E-state index is 12.8. The van der Waals surface area contributed by atoms with Crippen LogP contribution in [-0.2, 0) is 0 Å². The predicted octanol–water partition coefficient (Wildman–Crippen LogP) is 2.02. The lowest BCUT2D eigenvalue weighted by molar-refractivity contribution is 0.285. The van der Waals surface area contributed by atoms with Gasteiger partial charge in [0.1, 0.15) is 11.9 Å². The SMILES string of the molecule is N#CC(NCCCO)c1ccc(F)cc1Cl. The summed E-state index contributed by atoms with van der Waals surface area (Å²) in [5.41, 5.74) is 0.545. The van der Waals surface area contributed by atoms with Crippen molar-refractivity contribution in [3.05, 3.63) is 34.6 Å². The van der Waals surface area contributed by atoms with Crippen molar-refractivity contribution < 1.29 is 9.50 Å². The minimum absolute atomic E-state index is 0.0578. The molecule has 1 aromatic carbocycles. The number of aliphatic hydroxyl groups is 1. The number of nitriles is 1. The molecule has 0 saturated heterocycles. The Hall–Kier alpha value is -1.15. The molecule has 1 atom stereocenters. The van der Waals surface area contributed by atoms with Gasteiger partial charge in [-0.1, -0.05) is 17.7 Å². The first-order valence-electron chi connectivity index (χ1n) is 4.88. The van der Waals surface area contributed by atoms with Crippen molar-refractivity contribution in [3.8, 4) is 6.07 Å².